The molecule has 0 bridgehead atoms. The summed E-state index contributed by atoms with van der Waals surface area (Å²) in [5, 5.41) is 7.96. The first-order valence-electron chi connectivity index (χ1n) is 12.5. The van der Waals surface area contributed by atoms with Crippen LogP contribution >= 0.6 is 37.2 Å². The van der Waals surface area contributed by atoms with Gasteiger partial charge in [0.25, 0.3) is 0 Å². The minimum atomic E-state index is -0.809. The van der Waals surface area contributed by atoms with Gasteiger partial charge in [-0.05, 0) is 43.7 Å². The smallest absolute Gasteiger partial charge is 0.409 e. The molecule has 1 aromatic carbocycles. The Balaban J connectivity index is 0.00000274. The average Bonchev–Trinajstić information content (AvgIpc) is 2.95. The van der Waals surface area contributed by atoms with E-state index in [1.165, 1.54) is 19.2 Å². The highest BCUT2D eigenvalue weighted by atomic mass is 128. The van der Waals surface area contributed by atoms with Gasteiger partial charge in [-0.25, -0.2) is 19.2 Å². The van der Waals surface area contributed by atoms with Crippen LogP contribution in [0.5, 0.6) is 11.5 Å². The zero-order valence-electron chi connectivity index (χ0n) is 22.2. The summed E-state index contributed by atoms with van der Waals surface area (Å²) in [7, 11) is 1.39. The SMILES string of the molecule is CNC(=O)OCNC(=O)OCCOc1cc2oc(=O)ccc2cc1OCCOC(=O)NC1CCC(C)CC1.II. The van der Waals surface area contributed by atoms with Gasteiger partial charge in [0.1, 0.15) is 32.0 Å². The van der Waals surface area contributed by atoms with Crippen molar-refractivity contribution in [3.05, 3.63) is 34.7 Å². The van der Waals surface area contributed by atoms with E-state index in [1.54, 1.807) is 12.1 Å². The van der Waals surface area contributed by atoms with E-state index in [9.17, 15) is 19.2 Å². The Bertz CT molecular complexity index is 1160. The normalized spacial score (nSPS) is 16.0. The fourth-order valence-electron chi connectivity index (χ4n) is 3.77. The molecule has 1 aromatic heterocycles. The molecule has 1 fully saturated rings. The molecule has 0 unspecified atom stereocenters. The summed E-state index contributed by atoms with van der Waals surface area (Å²) in [6.45, 7) is 1.73. The Labute approximate surface area is 254 Å². The molecule has 3 amide bonds. The summed E-state index contributed by atoms with van der Waals surface area (Å²) in [5.74, 6) is 1.24. The van der Waals surface area contributed by atoms with Crippen molar-refractivity contribution in [3.63, 3.8) is 0 Å². The highest BCUT2D eigenvalue weighted by Gasteiger charge is 2.20. The topological polar surface area (TPSA) is 164 Å². The van der Waals surface area contributed by atoms with Crippen molar-refractivity contribution in [1.82, 2.24) is 16.0 Å². The van der Waals surface area contributed by atoms with Gasteiger partial charge in [-0.3, -0.25) is 5.32 Å². The first kappa shape index (κ1) is 33.5. The van der Waals surface area contributed by atoms with Gasteiger partial charge in [-0.15, -0.1) is 0 Å². The van der Waals surface area contributed by atoms with Crippen molar-refractivity contribution < 1.29 is 42.5 Å². The molecule has 1 heterocycles. The third-order valence-electron chi connectivity index (χ3n) is 5.80. The summed E-state index contributed by atoms with van der Waals surface area (Å²) in [4.78, 5) is 46.3. The molecule has 3 N–H and O–H groups in total. The van der Waals surface area contributed by atoms with Gasteiger partial charge in [0.05, 0.1) is 0 Å². The quantitative estimate of drug-likeness (QED) is 0.0960. The van der Waals surface area contributed by atoms with Crippen LogP contribution in [-0.4, -0.2) is 64.5 Å². The summed E-state index contributed by atoms with van der Waals surface area (Å²) in [6, 6.07) is 6.11. The predicted molar refractivity (Wildman–Crippen MR) is 162 cm³/mol. The third-order valence-corrected chi connectivity index (χ3v) is 5.80. The lowest BCUT2D eigenvalue weighted by Crippen LogP contribution is -2.38. The summed E-state index contributed by atoms with van der Waals surface area (Å²) in [5.41, 5.74) is -0.245. The maximum absolute atomic E-state index is 12.1. The molecule has 13 nitrogen and oxygen atoms in total. The molecule has 0 radical (unpaired) electrons. The van der Waals surface area contributed by atoms with Crippen molar-refractivity contribution in [1.29, 1.82) is 0 Å². The third kappa shape index (κ3) is 12.2. The van der Waals surface area contributed by atoms with E-state index in [0.717, 1.165) is 25.7 Å². The van der Waals surface area contributed by atoms with Crippen LogP contribution in [-0.2, 0) is 14.2 Å². The van der Waals surface area contributed by atoms with Crippen molar-refractivity contribution >= 4 is 66.5 Å². The predicted octanol–water partition coefficient (Wildman–Crippen LogP) is 4.67. The van der Waals surface area contributed by atoms with E-state index in [4.69, 9.17) is 23.4 Å². The standard InChI is InChI=1S/C25H33N3O10.I2/c1-16-3-6-18(7-4-16)28-25(32)36-12-10-33-20-13-17-5-8-22(29)38-19(17)14-21(20)34-9-11-35-24(31)27-15-37-23(30)26-2;1-2/h5,8,13-14,16,18H,3-4,6-7,9-12,15H2,1-2H3,(H,26,30)(H,27,31)(H,28,32);. The second kappa shape index (κ2) is 18.6. The molecule has 2 aromatic rings. The Morgan fingerprint density at radius 1 is 0.875 bits per heavy atom. The van der Waals surface area contributed by atoms with Crippen LogP contribution in [0.2, 0.25) is 0 Å². The molecule has 0 saturated heterocycles. The zero-order chi connectivity index (χ0) is 29.3. The number of halogens is 2. The Hall–Kier alpha value is -2.70. The minimum absolute atomic E-state index is 0.0116. The van der Waals surface area contributed by atoms with E-state index < -0.39 is 23.9 Å². The lowest BCUT2D eigenvalue weighted by Gasteiger charge is -2.26. The first-order chi connectivity index (χ1) is 19.3. The first-order valence-corrected chi connectivity index (χ1v) is 18.8. The van der Waals surface area contributed by atoms with Gasteiger partial charge >= 0.3 is 23.9 Å². The second-order valence-corrected chi connectivity index (χ2v) is 8.66. The number of alkyl carbamates (subject to hydrolysis) is 3. The van der Waals surface area contributed by atoms with Crippen molar-refractivity contribution in [2.45, 2.75) is 38.6 Å². The number of amides is 3. The summed E-state index contributed by atoms with van der Waals surface area (Å²) in [6.07, 6.45) is 2.06. The maximum atomic E-state index is 12.1. The molecule has 0 spiro atoms. The number of carbonyl (C=O) groups is 3. The molecule has 0 atom stereocenters. The summed E-state index contributed by atoms with van der Waals surface area (Å²) < 4.78 is 31.5. The highest BCUT2D eigenvalue weighted by molar-refractivity contribution is 15.0. The largest absolute Gasteiger partial charge is 0.486 e. The van der Waals surface area contributed by atoms with Crippen LogP contribution < -0.4 is 31.0 Å². The molecule has 15 heteroatoms. The molecule has 1 aliphatic carbocycles. The summed E-state index contributed by atoms with van der Waals surface area (Å²) >= 11 is 4.24. The molecular weight excluding hydrogens is 756 g/mol. The van der Waals surface area contributed by atoms with E-state index in [-0.39, 0.29) is 50.5 Å². The van der Waals surface area contributed by atoms with Crippen molar-refractivity contribution in [2.75, 3.05) is 40.2 Å². The fraction of sp³-hybridized carbons (Fsp3) is 0.520. The number of rotatable bonds is 11. The molecule has 3 rings (SSSR count). The number of nitrogens with one attached hydrogen (secondary N) is 3. The number of hydrogen-bond acceptors (Lipinski definition) is 10. The van der Waals surface area contributed by atoms with E-state index in [0.29, 0.717) is 17.1 Å². The molecule has 1 aliphatic rings. The molecule has 40 heavy (non-hydrogen) atoms. The van der Waals surface area contributed by atoms with Crippen LogP contribution in [0.15, 0.2) is 33.5 Å². The van der Waals surface area contributed by atoms with Gasteiger partial charge in [0, 0.05) is 67.8 Å². The number of benzene rings is 1. The Morgan fingerprint density at radius 3 is 2.15 bits per heavy atom. The number of hydrogen-bond donors (Lipinski definition) is 3. The number of ether oxygens (including phenoxy) is 5. The molecule has 0 aliphatic heterocycles. The van der Waals surface area contributed by atoms with Gasteiger partial charge < -0.3 is 38.7 Å². The lowest BCUT2D eigenvalue weighted by molar-refractivity contribution is 0.103. The molecular formula is C25H33I2N3O10. The fourth-order valence-corrected chi connectivity index (χ4v) is 3.77. The van der Waals surface area contributed by atoms with E-state index in [1.807, 2.05) is 0 Å². The van der Waals surface area contributed by atoms with Gasteiger partial charge in [0.2, 0.25) is 0 Å². The van der Waals surface area contributed by atoms with Crippen molar-refractivity contribution in [3.8, 4) is 11.5 Å². The van der Waals surface area contributed by atoms with Gasteiger partial charge in [-0.2, -0.15) is 0 Å². The lowest BCUT2D eigenvalue weighted by atomic mass is 9.87. The van der Waals surface area contributed by atoms with Crippen LogP contribution in [0.3, 0.4) is 0 Å². The van der Waals surface area contributed by atoms with Gasteiger partial charge in [-0.1, -0.05) is 6.92 Å². The van der Waals surface area contributed by atoms with Crippen LogP contribution in [0.25, 0.3) is 11.0 Å². The van der Waals surface area contributed by atoms with E-state index >= 15 is 0 Å². The van der Waals surface area contributed by atoms with Crippen LogP contribution in [0.1, 0.15) is 32.6 Å². The van der Waals surface area contributed by atoms with Crippen molar-refractivity contribution in [2.24, 2.45) is 5.92 Å². The maximum Gasteiger partial charge on any atom is 0.409 e. The zero-order valence-corrected chi connectivity index (χ0v) is 26.5. The van der Waals surface area contributed by atoms with Crippen LogP contribution in [0, 0.1) is 5.92 Å². The van der Waals surface area contributed by atoms with E-state index in [2.05, 4.69) is 64.8 Å². The number of fused-ring (bicyclic) bond motifs is 1. The van der Waals surface area contributed by atoms with Crippen LogP contribution in [0.4, 0.5) is 14.4 Å². The number of carbonyl (C=O) groups excluding carboxylic acids is 3. The highest BCUT2D eigenvalue weighted by Crippen LogP contribution is 2.32. The minimum Gasteiger partial charge on any atom is -0.486 e. The molecule has 1 saturated carbocycles. The Morgan fingerprint density at radius 2 is 1.50 bits per heavy atom. The average molecular weight is 789 g/mol. The van der Waals surface area contributed by atoms with Gasteiger partial charge in [0.15, 0.2) is 18.2 Å². The second-order valence-electron chi connectivity index (χ2n) is 8.66. The molecule has 222 valence electrons. The Kier molecular flexibility index (Phi) is 15.6. The monoisotopic (exact) mass is 789 g/mol.